The van der Waals surface area contributed by atoms with Crippen LogP contribution in [0.15, 0.2) is 34.1 Å². The molecule has 2 aliphatic heterocycles. The molecule has 1 aromatic carbocycles. The van der Waals surface area contributed by atoms with Crippen molar-refractivity contribution in [2.75, 3.05) is 36.8 Å². The number of nitriles is 1. The van der Waals surface area contributed by atoms with Crippen LogP contribution in [0.2, 0.25) is 10.0 Å². The number of dihydropyridines is 1. The lowest BCUT2D eigenvalue weighted by Gasteiger charge is -2.41. The maximum atomic E-state index is 15.4. The van der Waals surface area contributed by atoms with Crippen molar-refractivity contribution in [2.24, 2.45) is 10.9 Å². The first-order valence-corrected chi connectivity index (χ1v) is 15.2. The minimum Gasteiger partial charge on any atom is -0.397 e. The number of anilines is 2. The number of piperazine rings is 1. The smallest absolute Gasteiger partial charge is 0.276 e. The lowest BCUT2D eigenvalue weighted by atomic mass is 9.96. The second-order valence-corrected chi connectivity index (χ2v) is 12.3. The highest BCUT2D eigenvalue weighted by molar-refractivity contribution is 6.36. The topological polar surface area (TPSA) is 121 Å². The van der Waals surface area contributed by atoms with Gasteiger partial charge >= 0.3 is 0 Å². The number of fused-ring (bicyclic) bond motifs is 1. The average Bonchev–Trinajstić information content (AvgIpc) is 3.02. The van der Waals surface area contributed by atoms with E-state index >= 15 is 4.39 Å². The maximum absolute atomic E-state index is 15.4. The fourth-order valence-corrected chi connectivity index (χ4v) is 6.51. The molecule has 0 bridgehead atoms. The van der Waals surface area contributed by atoms with Gasteiger partial charge in [-0.2, -0.15) is 5.26 Å². The van der Waals surface area contributed by atoms with Crippen LogP contribution >= 0.6 is 23.2 Å². The molecule has 46 heavy (non-hydrogen) atoms. The Morgan fingerprint density at radius 1 is 1.22 bits per heavy atom. The quantitative estimate of drug-likeness (QED) is 0.149. The van der Waals surface area contributed by atoms with Gasteiger partial charge in [0.1, 0.15) is 22.3 Å². The van der Waals surface area contributed by atoms with E-state index in [0.717, 1.165) is 5.57 Å². The zero-order valence-electron chi connectivity index (χ0n) is 25.5. The number of halogens is 5. The third kappa shape index (κ3) is 5.21. The summed E-state index contributed by atoms with van der Waals surface area (Å²) >= 11 is 12.6. The molecule has 5 rings (SSSR count). The molecule has 0 spiro atoms. The second-order valence-electron chi connectivity index (χ2n) is 11.5. The Bertz CT molecular complexity index is 1970. The molecule has 4 heterocycles. The molecule has 3 aromatic rings. The summed E-state index contributed by atoms with van der Waals surface area (Å²) in [5.41, 5.74) is 5.34. The number of carbonyl (C=O) groups excluding carboxylic acids is 1. The van der Waals surface area contributed by atoms with Crippen LogP contribution in [0.25, 0.3) is 28.0 Å². The number of pyridine rings is 2. The van der Waals surface area contributed by atoms with Gasteiger partial charge in [0, 0.05) is 37.6 Å². The number of hydrogen-bond acceptors (Lipinski definition) is 7. The SMILES string of the molecule is C=CC(=O)N1CCN(c2c(C#N)c(=O)n(C3=C(C)CCN=C3C(C)C)c3nc(-c4c(N)c(Cl)c(F)c(F)c4F)c(Cl)cc23)C[C@H]1C. The number of rotatable bonds is 5. The van der Waals surface area contributed by atoms with Crippen molar-refractivity contribution in [3.8, 4) is 17.3 Å². The molecule has 9 nitrogen and oxygen atoms in total. The van der Waals surface area contributed by atoms with Gasteiger partial charge in [0.2, 0.25) is 5.91 Å². The van der Waals surface area contributed by atoms with Crippen molar-refractivity contribution in [1.29, 1.82) is 5.26 Å². The lowest BCUT2D eigenvalue weighted by Crippen LogP contribution is -2.54. The van der Waals surface area contributed by atoms with Crippen LogP contribution < -0.4 is 16.2 Å². The molecule has 240 valence electrons. The number of hydrogen-bond donors (Lipinski definition) is 1. The molecule has 0 aliphatic carbocycles. The Hall–Kier alpha value is -4.34. The number of nitrogen functional groups attached to an aromatic ring is 1. The number of nitrogens with two attached hydrogens (primary N) is 1. The Kier molecular flexibility index (Phi) is 8.94. The molecule has 14 heteroatoms. The van der Waals surface area contributed by atoms with Crippen LogP contribution in [-0.2, 0) is 4.79 Å². The number of allylic oxidation sites excluding steroid dienone is 1. The maximum Gasteiger partial charge on any atom is 0.276 e. The summed E-state index contributed by atoms with van der Waals surface area (Å²) < 4.78 is 45.5. The first kappa shape index (κ1) is 33.0. The Labute approximate surface area is 273 Å². The van der Waals surface area contributed by atoms with E-state index < -0.39 is 39.3 Å². The fourth-order valence-electron chi connectivity index (χ4n) is 6.08. The fraction of sp³-hybridized carbons (Fsp3) is 0.344. The van der Waals surface area contributed by atoms with Gasteiger partial charge in [0.25, 0.3) is 5.56 Å². The molecule has 1 amide bonds. The summed E-state index contributed by atoms with van der Waals surface area (Å²) in [4.78, 5) is 39.6. The molecule has 1 saturated heterocycles. The van der Waals surface area contributed by atoms with E-state index in [1.165, 1.54) is 16.7 Å². The van der Waals surface area contributed by atoms with Crippen molar-refractivity contribution in [3.05, 3.63) is 67.7 Å². The van der Waals surface area contributed by atoms with Crippen molar-refractivity contribution in [1.82, 2.24) is 14.5 Å². The van der Waals surface area contributed by atoms with Gasteiger partial charge in [0.05, 0.1) is 39.1 Å². The van der Waals surface area contributed by atoms with Gasteiger partial charge in [-0.3, -0.25) is 19.1 Å². The van der Waals surface area contributed by atoms with Gasteiger partial charge in [0.15, 0.2) is 17.5 Å². The molecule has 2 aromatic heterocycles. The van der Waals surface area contributed by atoms with Crippen LogP contribution in [0.1, 0.15) is 39.7 Å². The molecule has 0 unspecified atom stereocenters. The molecule has 1 fully saturated rings. The number of aromatic nitrogens is 2. The van der Waals surface area contributed by atoms with Gasteiger partial charge < -0.3 is 15.5 Å². The van der Waals surface area contributed by atoms with Gasteiger partial charge in [-0.15, -0.1) is 0 Å². The first-order chi connectivity index (χ1) is 21.7. The second kappa shape index (κ2) is 12.5. The molecule has 0 radical (unpaired) electrons. The summed E-state index contributed by atoms with van der Waals surface area (Å²) in [5.74, 6) is -5.60. The van der Waals surface area contributed by atoms with E-state index in [-0.39, 0.29) is 70.5 Å². The van der Waals surface area contributed by atoms with Crippen molar-refractivity contribution >= 4 is 62.9 Å². The highest BCUT2D eigenvalue weighted by Crippen LogP contribution is 2.43. The standard InChI is InChI=1S/C32H30Cl2F3N7O2/c1-6-20(45)43-10-9-42(13-16(43)5)30-17-11-19(33)28(21-23(35)25(37)24(36)22(34)26(21)39)41-31(17)44(32(46)18(30)12-38)29-15(4)7-8-40-27(29)14(2)3/h6,11,14,16H,1,7-10,13,39H2,2-5H3/t16-/m1/s1. The van der Waals surface area contributed by atoms with Crippen LogP contribution in [0.5, 0.6) is 0 Å². The van der Waals surface area contributed by atoms with E-state index in [1.54, 1.807) is 9.80 Å². The Morgan fingerprint density at radius 2 is 1.91 bits per heavy atom. The zero-order valence-corrected chi connectivity index (χ0v) is 27.0. The van der Waals surface area contributed by atoms with Crippen LogP contribution in [0.4, 0.5) is 24.5 Å². The van der Waals surface area contributed by atoms with E-state index in [1.807, 2.05) is 27.7 Å². The molecular formula is C32H30Cl2F3N7O2. The highest BCUT2D eigenvalue weighted by Gasteiger charge is 2.34. The van der Waals surface area contributed by atoms with Crippen LogP contribution in [0, 0.1) is 34.7 Å². The van der Waals surface area contributed by atoms with E-state index in [0.29, 0.717) is 24.4 Å². The highest BCUT2D eigenvalue weighted by atomic mass is 35.5. The molecule has 2 aliphatic rings. The normalized spacial score (nSPS) is 17.1. The van der Waals surface area contributed by atoms with E-state index in [9.17, 15) is 23.6 Å². The first-order valence-electron chi connectivity index (χ1n) is 14.5. The summed E-state index contributed by atoms with van der Waals surface area (Å²) in [6, 6.07) is 3.12. The lowest BCUT2D eigenvalue weighted by molar-refractivity contribution is -0.128. The van der Waals surface area contributed by atoms with Crippen molar-refractivity contribution in [3.63, 3.8) is 0 Å². The molecule has 0 saturated carbocycles. The summed E-state index contributed by atoms with van der Waals surface area (Å²) in [7, 11) is 0. The number of nitrogens with zero attached hydrogens (tertiary/aromatic N) is 6. The Morgan fingerprint density at radius 3 is 2.52 bits per heavy atom. The van der Waals surface area contributed by atoms with E-state index in [4.69, 9.17) is 28.9 Å². The largest absolute Gasteiger partial charge is 0.397 e. The predicted octanol–water partition coefficient (Wildman–Crippen LogP) is 6.20. The van der Waals surface area contributed by atoms with Gasteiger partial charge in [-0.1, -0.05) is 43.6 Å². The number of amides is 1. The number of aliphatic imine (C=N–C) groups is 1. The minimum atomic E-state index is -1.87. The van der Waals surface area contributed by atoms with Crippen LogP contribution in [0.3, 0.4) is 0 Å². The van der Waals surface area contributed by atoms with Crippen molar-refractivity contribution < 1.29 is 18.0 Å². The Balaban J connectivity index is 1.91. The molecule has 2 N–H and O–H groups in total. The number of carbonyl (C=O) groups is 1. The number of benzene rings is 1. The van der Waals surface area contributed by atoms with Gasteiger partial charge in [-0.25, -0.2) is 18.2 Å². The molecule has 1 atom stereocenters. The zero-order chi connectivity index (χ0) is 33.8. The third-order valence-corrected chi connectivity index (χ3v) is 8.97. The summed E-state index contributed by atoms with van der Waals surface area (Å²) in [6.07, 6.45) is 1.73. The monoisotopic (exact) mass is 671 g/mol. The third-order valence-electron chi connectivity index (χ3n) is 8.32. The minimum absolute atomic E-state index is 0.0418. The van der Waals surface area contributed by atoms with Crippen LogP contribution in [-0.4, -0.2) is 58.3 Å². The molecular weight excluding hydrogens is 642 g/mol. The average molecular weight is 673 g/mol. The van der Waals surface area contributed by atoms with Gasteiger partial charge in [-0.05, 0) is 43.9 Å². The predicted molar refractivity (Wildman–Crippen MR) is 175 cm³/mol. The summed E-state index contributed by atoms with van der Waals surface area (Å²) in [5, 5.41) is 9.60. The summed E-state index contributed by atoms with van der Waals surface area (Å²) in [6.45, 7) is 12.3. The van der Waals surface area contributed by atoms with E-state index in [2.05, 4.69) is 22.6 Å². The van der Waals surface area contributed by atoms with Crippen molar-refractivity contribution in [2.45, 2.75) is 40.2 Å².